The van der Waals surface area contributed by atoms with Gasteiger partial charge in [0.15, 0.2) is 0 Å². The summed E-state index contributed by atoms with van der Waals surface area (Å²) in [6.45, 7) is 1.98. The number of carboxylic acid groups (broad SMARTS) is 1. The highest BCUT2D eigenvalue weighted by Crippen LogP contribution is 2.21. The number of para-hydroxylation sites is 1. The Morgan fingerprint density at radius 2 is 2.17 bits per heavy atom. The number of benzene rings is 1. The molecule has 0 bridgehead atoms. The molecule has 1 heterocycles. The predicted octanol–water partition coefficient (Wildman–Crippen LogP) is 2.90. The van der Waals surface area contributed by atoms with Gasteiger partial charge < -0.3 is 10.4 Å². The number of hydrogen-bond donors (Lipinski definition) is 2. The van der Waals surface area contributed by atoms with Gasteiger partial charge >= 0.3 is 5.97 Å². The van der Waals surface area contributed by atoms with Crippen molar-refractivity contribution in [2.45, 2.75) is 25.8 Å². The smallest absolute Gasteiger partial charge is 0.303 e. The highest BCUT2D eigenvalue weighted by Gasteiger charge is 2.07. The zero-order valence-corrected chi connectivity index (χ0v) is 10.3. The minimum atomic E-state index is -0.764. The third kappa shape index (κ3) is 2.97. The average Bonchev–Trinajstić information content (AvgIpc) is 2.37. The Morgan fingerprint density at radius 1 is 1.39 bits per heavy atom. The van der Waals surface area contributed by atoms with Gasteiger partial charge in [0.25, 0.3) is 0 Å². The first-order chi connectivity index (χ1) is 8.66. The fourth-order valence-electron chi connectivity index (χ4n) is 1.90. The molecule has 0 aliphatic heterocycles. The summed E-state index contributed by atoms with van der Waals surface area (Å²) in [7, 11) is 0. The summed E-state index contributed by atoms with van der Waals surface area (Å²) in [6.07, 6.45) is 2.53. The van der Waals surface area contributed by atoms with E-state index in [1.54, 1.807) is 6.20 Å². The van der Waals surface area contributed by atoms with E-state index in [4.69, 9.17) is 5.11 Å². The maximum atomic E-state index is 10.5. The minimum absolute atomic E-state index is 0.105. The van der Waals surface area contributed by atoms with Crippen LogP contribution in [-0.2, 0) is 4.79 Å². The van der Waals surface area contributed by atoms with E-state index in [0.717, 1.165) is 16.6 Å². The van der Waals surface area contributed by atoms with Crippen molar-refractivity contribution >= 4 is 22.6 Å². The molecule has 2 aromatic rings. The van der Waals surface area contributed by atoms with Crippen molar-refractivity contribution in [3.05, 3.63) is 36.5 Å². The van der Waals surface area contributed by atoms with Crippen LogP contribution in [0.5, 0.6) is 0 Å². The van der Waals surface area contributed by atoms with Crippen molar-refractivity contribution in [1.29, 1.82) is 0 Å². The van der Waals surface area contributed by atoms with Crippen molar-refractivity contribution in [2.24, 2.45) is 0 Å². The molecule has 0 amide bonds. The Kier molecular flexibility index (Phi) is 3.77. The molecule has 2 rings (SSSR count). The van der Waals surface area contributed by atoms with Gasteiger partial charge in [0, 0.05) is 24.0 Å². The van der Waals surface area contributed by atoms with Gasteiger partial charge in [-0.3, -0.25) is 9.78 Å². The van der Waals surface area contributed by atoms with E-state index in [1.165, 1.54) is 0 Å². The number of rotatable bonds is 5. The van der Waals surface area contributed by atoms with Gasteiger partial charge in [-0.05, 0) is 25.5 Å². The van der Waals surface area contributed by atoms with Crippen molar-refractivity contribution in [3.63, 3.8) is 0 Å². The van der Waals surface area contributed by atoms with Gasteiger partial charge in [-0.25, -0.2) is 0 Å². The van der Waals surface area contributed by atoms with E-state index in [0.29, 0.717) is 6.42 Å². The summed E-state index contributed by atoms with van der Waals surface area (Å²) in [4.78, 5) is 14.9. The third-order valence-corrected chi connectivity index (χ3v) is 2.83. The second kappa shape index (κ2) is 5.49. The highest BCUT2D eigenvalue weighted by molar-refractivity contribution is 5.90. The quantitative estimate of drug-likeness (QED) is 0.849. The lowest BCUT2D eigenvalue weighted by Gasteiger charge is -2.15. The van der Waals surface area contributed by atoms with Crippen LogP contribution in [0.1, 0.15) is 19.8 Å². The molecule has 1 aromatic heterocycles. The molecule has 0 saturated carbocycles. The van der Waals surface area contributed by atoms with Crippen LogP contribution in [-0.4, -0.2) is 22.1 Å². The van der Waals surface area contributed by atoms with E-state index < -0.39 is 5.97 Å². The Balaban J connectivity index is 2.14. The van der Waals surface area contributed by atoms with Gasteiger partial charge in [-0.1, -0.05) is 18.2 Å². The van der Waals surface area contributed by atoms with Crippen LogP contribution in [0.15, 0.2) is 36.5 Å². The zero-order valence-electron chi connectivity index (χ0n) is 10.3. The Labute approximate surface area is 106 Å². The molecule has 2 N–H and O–H groups in total. The summed E-state index contributed by atoms with van der Waals surface area (Å²) in [5.41, 5.74) is 1.87. The zero-order chi connectivity index (χ0) is 13.0. The first-order valence-corrected chi connectivity index (χ1v) is 5.99. The molecule has 1 atom stereocenters. The van der Waals surface area contributed by atoms with Gasteiger partial charge in [-0.15, -0.1) is 0 Å². The number of carbonyl (C=O) groups is 1. The van der Waals surface area contributed by atoms with E-state index >= 15 is 0 Å². The number of nitrogens with one attached hydrogen (secondary N) is 1. The van der Waals surface area contributed by atoms with Crippen molar-refractivity contribution in [3.8, 4) is 0 Å². The first-order valence-electron chi connectivity index (χ1n) is 5.99. The summed E-state index contributed by atoms with van der Waals surface area (Å²) >= 11 is 0. The number of anilines is 1. The number of aliphatic carboxylic acids is 1. The lowest BCUT2D eigenvalue weighted by molar-refractivity contribution is -0.137. The van der Waals surface area contributed by atoms with Gasteiger partial charge in [-0.2, -0.15) is 0 Å². The molecule has 0 aliphatic rings. The fourth-order valence-corrected chi connectivity index (χ4v) is 1.90. The Hall–Kier alpha value is -2.10. The standard InChI is InChI=1S/C14H16N2O2/c1-10(7-8-13(17)18)16-12-6-2-4-11-5-3-9-15-14(11)12/h2-6,9-10,16H,7-8H2,1H3,(H,17,18). The molecule has 0 aliphatic carbocycles. The molecule has 0 spiro atoms. The Bertz CT molecular complexity index is 549. The second-order valence-electron chi connectivity index (χ2n) is 4.36. The molecule has 0 saturated heterocycles. The lowest BCUT2D eigenvalue weighted by atomic mass is 10.1. The maximum Gasteiger partial charge on any atom is 0.303 e. The summed E-state index contributed by atoms with van der Waals surface area (Å²) < 4.78 is 0. The molecule has 1 aromatic carbocycles. The monoisotopic (exact) mass is 244 g/mol. The van der Waals surface area contributed by atoms with E-state index in [1.807, 2.05) is 37.3 Å². The Morgan fingerprint density at radius 3 is 2.94 bits per heavy atom. The van der Waals surface area contributed by atoms with Gasteiger partial charge in [0.1, 0.15) is 0 Å². The second-order valence-corrected chi connectivity index (χ2v) is 4.36. The van der Waals surface area contributed by atoms with Gasteiger partial charge in [0.2, 0.25) is 0 Å². The molecule has 18 heavy (non-hydrogen) atoms. The number of carboxylic acids is 1. The number of fused-ring (bicyclic) bond motifs is 1. The topological polar surface area (TPSA) is 62.2 Å². The third-order valence-electron chi connectivity index (χ3n) is 2.83. The molecular formula is C14H16N2O2. The van der Waals surface area contributed by atoms with E-state index in [9.17, 15) is 4.79 Å². The first kappa shape index (κ1) is 12.4. The van der Waals surface area contributed by atoms with Crippen LogP contribution in [0.2, 0.25) is 0 Å². The van der Waals surface area contributed by atoms with Crippen LogP contribution in [0.25, 0.3) is 10.9 Å². The number of pyridine rings is 1. The van der Waals surface area contributed by atoms with Crippen molar-refractivity contribution < 1.29 is 9.90 Å². The number of hydrogen-bond acceptors (Lipinski definition) is 3. The van der Waals surface area contributed by atoms with Gasteiger partial charge in [0.05, 0.1) is 11.2 Å². The summed E-state index contributed by atoms with van der Waals surface area (Å²) in [6, 6.07) is 9.96. The molecule has 1 unspecified atom stereocenters. The molecule has 0 radical (unpaired) electrons. The maximum absolute atomic E-state index is 10.5. The molecule has 94 valence electrons. The SMILES string of the molecule is CC(CCC(=O)O)Nc1cccc2cccnc12. The molecule has 4 nitrogen and oxygen atoms in total. The van der Waals surface area contributed by atoms with E-state index in [2.05, 4.69) is 10.3 Å². The molecule has 4 heteroatoms. The van der Waals surface area contributed by atoms with Crippen LogP contribution in [0, 0.1) is 0 Å². The summed E-state index contributed by atoms with van der Waals surface area (Å²) in [5.74, 6) is -0.764. The highest BCUT2D eigenvalue weighted by atomic mass is 16.4. The fraction of sp³-hybridized carbons (Fsp3) is 0.286. The van der Waals surface area contributed by atoms with Crippen LogP contribution in [0.3, 0.4) is 0 Å². The summed E-state index contributed by atoms with van der Waals surface area (Å²) in [5, 5.41) is 13.1. The molecule has 0 fully saturated rings. The number of nitrogens with zero attached hydrogens (tertiary/aromatic N) is 1. The van der Waals surface area contributed by atoms with Crippen molar-refractivity contribution in [1.82, 2.24) is 4.98 Å². The van der Waals surface area contributed by atoms with Crippen LogP contribution < -0.4 is 5.32 Å². The van der Waals surface area contributed by atoms with Crippen LogP contribution in [0.4, 0.5) is 5.69 Å². The lowest BCUT2D eigenvalue weighted by Crippen LogP contribution is -2.16. The van der Waals surface area contributed by atoms with E-state index in [-0.39, 0.29) is 12.5 Å². The number of aromatic nitrogens is 1. The largest absolute Gasteiger partial charge is 0.481 e. The average molecular weight is 244 g/mol. The predicted molar refractivity (Wildman–Crippen MR) is 71.7 cm³/mol. The normalized spacial score (nSPS) is 12.3. The van der Waals surface area contributed by atoms with Crippen molar-refractivity contribution in [2.75, 3.05) is 5.32 Å². The minimum Gasteiger partial charge on any atom is -0.481 e. The molecular weight excluding hydrogens is 228 g/mol. The van der Waals surface area contributed by atoms with Crippen LogP contribution >= 0.6 is 0 Å².